The highest BCUT2D eigenvalue weighted by Gasteiger charge is 2.15. The van der Waals surface area contributed by atoms with Crippen molar-refractivity contribution in [1.82, 2.24) is 0 Å². The molecule has 1 nitrogen and oxygen atoms in total. The minimum absolute atomic E-state index is 0.357. The molecule has 0 radical (unpaired) electrons. The molecular weight excluding hydrogens is 214 g/mol. The van der Waals surface area contributed by atoms with E-state index in [-0.39, 0.29) is 0 Å². The van der Waals surface area contributed by atoms with Crippen LogP contribution in [0.5, 0.6) is 0 Å². The van der Waals surface area contributed by atoms with E-state index in [4.69, 9.17) is 5.26 Å². The van der Waals surface area contributed by atoms with Crippen molar-refractivity contribution in [2.45, 2.75) is 19.3 Å². The fourth-order valence-corrected chi connectivity index (χ4v) is 2.90. The van der Waals surface area contributed by atoms with Gasteiger partial charge in [0.05, 0.1) is 11.6 Å². The van der Waals surface area contributed by atoms with Crippen molar-refractivity contribution in [3.8, 4) is 6.07 Å². The Bertz CT molecular complexity index is 494. The zero-order valence-corrected chi connectivity index (χ0v) is 10.00. The van der Waals surface area contributed by atoms with Crippen molar-refractivity contribution in [2.24, 2.45) is 0 Å². The first-order chi connectivity index (χ1) is 7.86. The topological polar surface area (TPSA) is 23.8 Å². The number of nitriles is 1. The van der Waals surface area contributed by atoms with Gasteiger partial charge in [0, 0.05) is 10.8 Å². The van der Waals surface area contributed by atoms with Crippen molar-refractivity contribution >= 4 is 11.3 Å². The molecule has 0 amide bonds. The summed E-state index contributed by atoms with van der Waals surface area (Å²) in [5.74, 6) is 0.357. The van der Waals surface area contributed by atoms with Crippen LogP contribution < -0.4 is 0 Å². The molecule has 0 saturated heterocycles. The Morgan fingerprint density at radius 3 is 2.69 bits per heavy atom. The van der Waals surface area contributed by atoms with Gasteiger partial charge in [-0.15, -0.1) is 11.3 Å². The van der Waals surface area contributed by atoms with E-state index in [0.29, 0.717) is 5.92 Å². The average Bonchev–Trinajstić information content (AvgIpc) is 2.84. The summed E-state index contributed by atoms with van der Waals surface area (Å²) in [6.45, 7) is 2.17. The Balaban J connectivity index is 2.46. The normalized spacial score (nSPS) is 12.0. The second kappa shape index (κ2) is 4.96. The molecule has 0 fully saturated rings. The molecule has 16 heavy (non-hydrogen) atoms. The van der Waals surface area contributed by atoms with Crippen LogP contribution in [0.3, 0.4) is 0 Å². The lowest BCUT2D eigenvalue weighted by atomic mass is 9.91. The molecule has 0 bridgehead atoms. The van der Waals surface area contributed by atoms with Crippen LogP contribution in [0.1, 0.15) is 35.3 Å². The number of rotatable bonds is 3. The van der Waals surface area contributed by atoms with Crippen LogP contribution in [0.2, 0.25) is 0 Å². The predicted octanol–water partition coefficient (Wildman–Crippen LogP) is 4.16. The van der Waals surface area contributed by atoms with Crippen molar-refractivity contribution < 1.29 is 0 Å². The maximum absolute atomic E-state index is 9.11. The van der Waals surface area contributed by atoms with E-state index < -0.39 is 0 Å². The highest BCUT2D eigenvalue weighted by Crippen LogP contribution is 2.32. The van der Waals surface area contributed by atoms with Crippen LogP contribution in [0, 0.1) is 11.3 Å². The first kappa shape index (κ1) is 10.9. The minimum atomic E-state index is 0.357. The molecule has 0 spiro atoms. The van der Waals surface area contributed by atoms with Gasteiger partial charge in [0.2, 0.25) is 0 Å². The fraction of sp³-hybridized carbons (Fsp3) is 0.214. The third-order valence-corrected chi connectivity index (χ3v) is 3.74. The summed E-state index contributed by atoms with van der Waals surface area (Å²) in [6.07, 6.45) is 1.03. The van der Waals surface area contributed by atoms with E-state index in [0.717, 1.165) is 17.5 Å². The quantitative estimate of drug-likeness (QED) is 0.772. The van der Waals surface area contributed by atoms with Gasteiger partial charge in [0.15, 0.2) is 0 Å². The molecular formula is C14H13NS. The van der Waals surface area contributed by atoms with Crippen molar-refractivity contribution in [1.29, 1.82) is 5.26 Å². The zero-order chi connectivity index (χ0) is 11.4. The van der Waals surface area contributed by atoms with Crippen LogP contribution >= 0.6 is 11.3 Å². The number of benzene rings is 1. The van der Waals surface area contributed by atoms with Gasteiger partial charge in [-0.2, -0.15) is 5.26 Å². The second-order valence-corrected chi connectivity index (χ2v) is 4.65. The van der Waals surface area contributed by atoms with Crippen LogP contribution in [0.15, 0.2) is 41.8 Å². The summed E-state index contributed by atoms with van der Waals surface area (Å²) in [6, 6.07) is 14.4. The molecule has 2 aromatic rings. The summed E-state index contributed by atoms with van der Waals surface area (Å²) >= 11 is 1.76. The molecule has 2 heteroatoms. The van der Waals surface area contributed by atoms with Gasteiger partial charge < -0.3 is 0 Å². The van der Waals surface area contributed by atoms with E-state index >= 15 is 0 Å². The first-order valence-corrected chi connectivity index (χ1v) is 6.27. The standard InChI is InChI=1S/C14H13NS/c1-2-12(14-8-5-9-16-14)13-7-4-3-6-11(13)10-15/h3-9,12H,2H2,1H3. The summed E-state index contributed by atoms with van der Waals surface area (Å²) in [5.41, 5.74) is 1.94. The minimum Gasteiger partial charge on any atom is -0.192 e. The van der Waals surface area contributed by atoms with E-state index in [1.807, 2.05) is 18.2 Å². The van der Waals surface area contributed by atoms with Gasteiger partial charge >= 0.3 is 0 Å². The maximum atomic E-state index is 9.11. The fourth-order valence-electron chi connectivity index (χ4n) is 1.97. The molecule has 80 valence electrons. The molecule has 2 rings (SSSR count). The van der Waals surface area contributed by atoms with Crippen LogP contribution in [0.4, 0.5) is 0 Å². The lowest BCUT2D eigenvalue weighted by Crippen LogP contribution is -2.00. The van der Waals surface area contributed by atoms with Gasteiger partial charge in [-0.3, -0.25) is 0 Å². The number of nitrogens with zero attached hydrogens (tertiary/aromatic N) is 1. The molecule has 1 heterocycles. The smallest absolute Gasteiger partial charge is 0.0994 e. The van der Waals surface area contributed by atoms with Gasteiger partial charge in [-0.25, -0.2) is 0 Å². The Morgan fingerprint density at radius 2 is 2.06 bits per heavy atom. The summed E-state index contributed by atoms with van der Waals surface area (Å²) in [4.78, 5) is 1.34. The van der Waals surface area contributed by atoms with E-state index in [2.05, 4.69) is 36.6 Å². The van der Waals surface area contributed by atoms with Gasteiger partial charge in [0.25, 0.3) is 0 Å². The highest BCUT2D eigenvalue weighted by molar-refractivity contribution is 7.10. The molecule has 1 unspecified atom stereocenters. The summed E-state index contributed by atoms with van der Waals surface area (Å²) < 4.78 is 0. The van der Waals surface area contributed by atoms with Crippen molar-refractivity contribution in [3.63, 3.8) is 0 Å². The lowest BCUT2D eigenvalue weighted by Gasteiger charge is -2.14. The third kappa shape index (κ3) is 2.00. The monoisotopic (exact) mass is 227 g/mol. The number of hydrogen-bond acceptors (Lipinski definition) is 2. The molecule has 0 aliphatic carbocycles. The summed E-state index contributed by atoms with van der Waals surface area (Å²) in [5, 5.41) is 11.2. The molecule has 1 atom stereocenters. The Labute approximate surface area is 100.0 Å². The van der Waals surface area contributed by atoms with Crippen LogP contribution in [-0.2, 0) is 0 Å². The lowest BCUT2D eigenvalue weighted by molar-refractivity contribution is 0.790. The average molecular weight is 227 g/mol. The molecule has 1 aromatic carbocycles. The molecule has 0 aliphatic heterocycles. The molecule has 0 aliphatic rings. The first-order valence-electron chi connectivity index (χ1n) is 5.39. The summed E-state index contributed by atoms with van der Waals surface area (Å²) in [7, 11) is 0. The molecule has 0 saturated carbocycles. The van der Waals surface area contributed by atoms with Gasteiger partial charge in [-0.1, -0.05) is 31.2 Å². The predicted molar refractivity (Wildman–Crippen MR) is 67.6 cm³/mol. The molecule has 0 N–H and O–H groups in total. The van der Waals surface area contributed by atoms with E-state index in [9.17, 15) is 0 Å². The van der Waals surface area contributed by atoms with Gasteiger partial charge in [-0.05, 0) is 29.5 Å². The van der Waals surface area contributed by atoms with Crippen LogP contribution in [0.25, 0.3) is 0 Å². The number of hydrogen-bond donors (Lipinski definition) is 0. The Kier molecular flexibility index (Phi) is 3.38. The largest absolute Gasteiger partial charge is 0.192 e. The van der Waals surface area contributed by atoms with Gasteiger partial charge in [0.1, 0.15) is 0 Å². The van der Waals surface area contributed by atoms with Crippen molar-refractivity contribution in [2.75, 3.05) is 0 Å². The highest BCUT2D eigenvalue weighted by atomic mass is 32.1. The maximum Gasteiger partial charge on any atom is 0.0994 e. The Morgan fingerprint density at radius 1 is 1.25 bits per heavy atom. The van der Waals surface area contributed by atoms with E-state index in [1.165, 1.54) is 4.88 Å². The zero-order valence-electron chi connectivity index (χ0n) is 9.18. The van der Waals surface area contributed by atoms with E-state index in [1.54, 1.807) is 11.3 Å². The third-order valence-electron chi connectivity index (χ3n) is 2.75. The SMILES string of the molecule is CCC(c1cccs1)c1ccccc1C#N. The second-order valence-electron chi connectivity index (χ2n) is 3.68. The van der Waals surface area contributed by atoms with Crippen molar-refractivity contribution in [3.05, 3.63) is 57.8 Å². The Hall–Kier alpha value is -1.59. The number of thiophene rings is 1. The molecule has 1 aromatic heterocycles. The van der Waals surface area contributed by atoms with Crippen LogP contribution in [-0.4, -0.2) is 0 Å².